The smallest absolute Gasteiger partial charge is 0.307 e. The highest BCUT2D eigenvalue weighted by Gasteiger charge is 2.27. The van der Waals surface area contributed by atoms with Crippen LogP contribution in [-0.4, -0.2) is 23.2 Å². The van der Waals surface area contributed by atoms with Crippen molar-refractivity contribution < 1.29 is 9.90 Å². The lowest BCUT2D eigenvalue weighted by Crippen LogP contribution is -2.37. The molecule has 64 valence electrons. The average Bonchev–Trinajstić information content (AvgIpc) is 2.69. The maximum Gasteiger partial charge on any atom is 0.307 e. The van der Waals surface area contributed by atoms with Gasteiger partial charge < -0.3 is 10.4 Å². The molecule has 2 N–H and O–H groups in total. The molecule has 3 nitrogen and oxygen atoms in total. The lowest BCUT2D eigenvalue weighted by molar-refractivity contribution is -0.141. The fourth-order valence-electron chi connectivity index (χ4n) is 0.980. The predicted octanol–water partition coefficient (Wildman–Crippen LogP) is 0.848. The van der Waals surface area contributed by atoms with Gasteiger partial charge in [0.15, 0.2) is 0 Å². The molecule has 0 aliphatic heterocycles. The summed E-state index contributed by atoms with van der Waals surface area (Å²) in [4.78, 5) is 10.5. The van der Waals surface area contributed by atoms with Crippen LogP contribution in [0.25, 0.3) is 0 Å². The van der Waals surface area contributed by atoms with Crippen molar-refractivity contribution in [2.24, 2.45) is 5.92 Å². The van der Waals surface area contributed by atoms with Crippen LogP contribution in [0, 0.1) is 5.92 Å². The van der Waals surface area contributed by atoms with Crippen LogP contribution >= 0.6 is 0 Å². The van der Waals surface area contributed by atoms with E-state index in [-0.39, 0.29) is 12.0 Å². The summed E-state index contributed by atoms with van der Waals surface area (Å²) in [6.07, 6.45) is 2.41. The van der Waals surface area contributed by atoms with Gasteiger partial charge in [-0.05, 0) is 19.8 Å². The maximum absolute atomic E-state index is 10.5. The van der Waals surface area contributed by atoms with Gasteiger partial charge in [-0.1, -0.05) is 6.92 Å². The average molecular weight is 157 g/mol. The monoisotopic (exact) mass is 157 g/mol. The van der Waals surface area contributed by atoms with Crippen molar-refractivity contribution in [2.45, 2.75) is 38.8 Å². The molecule has 1 rings (SSSR count). The zero-order chi connectivity index (χ0) is 8.43. The molecule has 0 heterocycles. The molecule has 2 unspecified atom stereocenters. The van der Waals surface area contributed by atoms with Gasteiger partial charge in [0.25, 0.3) is 0 Å². The molecule has 1 fully saturated rings. The third-order valence-corrected chi connectivity index (χ3v) is 2.22. The Balaban J connectivity index is 2.26. The quantitative estimate of drug-likeness (QED) is 0.636. The van der Waals surface area contributed by atoms with E-state index in [0.717, 1.165) is 0 Å². The summed E-state index contributed by atoms with van der Waals surface area (Å²) < 4.78 is 0. The summed E-state index contributed by atoms with van der Waals surface area (Å²) in [5.41, 5.74) is 0. The Morgan fingerprint density at radius 1 is 1.55 bits per heavy atom. The minimum Gasteiger partial charge on any atom is -0.481 e. The largest absolute Gasteiger partial charge is 0.481 e. The van der Waals surface area contributed by atoms with Crippen molar-refractivity contribution in [3.63, 3.8) is 0 Å². The van der Waals surface area contributed by atoms with Gasteiger partial charge in [0.05, 0.1) is 5.92 Å². The van der Waals surface area contributed by atoms with E-state index in [2.05, 4.69) is 5.32 Å². The molecule has 0 radical (unpaired) electrons. The SMILES string of the molecule is CC(NC1CC1)C(C)C(=O)O. The van der Waals surface area contributed by atoms with Crippen LogP contribution in [0.15, 0.2) is 0 Å². The Morgan fingerprint density at radius 2 is 2.09 bits per heavy atom. The van der Waals surface area contributed by atoms with Crippen LogP contribution in [0.4, 0.5) is 0 Å². The van der Waals surface area contributed by atoms with E-state index in [9.17, 15) is 4.79 Å². The molecule has 3 heteroatoms. The Morgan fingerprint density at radius 3 is 2.45 bits per heavy atom. The summed E-state index contributed by atoms with van der Waals surface area (Å²) in [7, 11) is 0. The Kier molecular flexibility index (Phi) is 2.49. The Bertz CT molecular complexity index is 154. The number of carbonyl (C=O) groups is 1. The fraction of sp³-hybridized carbons (Fsp3) is 0.875. The minimum absolute atomic E-state index is 0.0972. The van der Waals surface area contributed by atoms with Crippen molar-refractivity contribution in [1.82, 2.24) is 5.32 Å². The van der Waals surface area contributed by atoms with Crippen molar-refractivity contribution in [2.75, 3.05) is 0 Å². The molecule has 0 aromatic carbocycles. The predicted molar refractivity (Wildman–Crippen MR) is 42.4 cm³/mol. The van der Waals surface area contributed by atoms with Gasteiger partial charge in [-0.25, -0.2) is 0 Å². The van der Waals surface area contributed by atoms with Gasteiger partial charge in [-0.15, -0.1) is 0 Å². The van der Waals surface area contributed by atoms with Crippen LogP contribution in [0.5, 0.6) is 0 Å². The van der Waals surface area contributed by atoms with Gasteiger partial charge in [-0.2, -0.15) is 0 Å². The highest BCUT2D eigenvalue weighted by molar-refractivity contribution is 5.70. The molecule has 0 bridgehead atoms. The fourth-order valence-corrected chi connectivity index (χ4v) is 0.980. The number of hydrogen-bond donors (Lipinski definition) is 2. The van der Waals surface area contributed by atoms with E-state index in [1.165, 1.54) is 12.8 Å². The first-order valence-electron chi connectivity index (χ1n) is 4.10. The topological polar surface area (TPSA) is 49.3 Å². The maximum atomic E-state index is 10.5. The van der Waals surface area contributed by atoms with Gasteiger partial charge in [0, 0.05) is 12.1 Å². The van der Waals surface area contributed by atoms with Crippen molar-refractivity contribution >= 4 is 5.97 Å². The number of aliphatic carboxylic acids is 1. The van der Waals surface area contributed by atoms with Crippen molar-refractivity contribution in [1.29, 1.82) is 0 Å². The van der Waals surface area contributed by atoms with Gasteiger partial charge >= 0.3 is 5.97 Å². The van der Waals surface area contributed by atoms with Gasteiger partial charge in [-0.3, -0.25) is 4.79 Å². The molecule has 2 atom stereocenters. The molecule has 0 aromatic rings. The Labute approximate surface area is 66.8 Å². The lowest BCUT2D eigenvalue weighted by Gasteiger charge is -2.16. The second-order valence-electron chi connectivity index (χ2n) is 3.36. The molecular formula is C8H15NO2. The molecular weight excluding hydrogens is 142 g/mol. The van der Waals surface area contributed by atoms with E-state index >= 15 is 0 Å². The molecule has 0 saturated heterocycles. The molecule has 0 spiro atoms. The number of rotatable bonds is 4. The third kappa shape index (κ3) is 2.50. The highest BCUT2D eigenvalue weighted by atomic mass is 16.4. The zero-order valence-corrected chi connectivity index (χ0v) is 7.00. The number of hydrogen-bond acceptors (Lipinski definition) is 2. The second kappa shape index (κ2) is 3.22. The highest BCUT2D eigenvalue weighted by Crippen LogP contribution is 2.20. The first kappa shape index (κ1) is 8.53. The Hall–Kier alpha value is -0.570. The lowest BCUT2D eigenvalue weighted by atomic mass is 10.0. The molecule has 1 aliphatic rings. The number of carboxylic acids is 1. The van der Waals surface area contributed by atoms with Gasteiger partial charge in [0.2, 0.25) is 0 Å². The molecule has 1 aliphatic carbocycles. The normalized spacial score (nSPS) is 22.7. The second-order valence-corrected chi connectivity index (χ2v) is 3.36. The van der Waals surface area contributed by atoms with Crippen molar-refractivity contribution in [3.05, 3.63) is 0 Å². The van der Waals surface area contributed by atoms with E-state index in [4.69, 9.17) is 5.11 Å². The standard InChI is InChI=1S/C8H15NO2/c1-5(8(10)11)6(2)9-7-3-4-7/h5-7,9H,3-4H2,1-2H3,(H,10,11). The first-order valence-corrected chi connectivity index (χ1v) is 4.10. The van der Waals surface area contributed by atoms with Gasteiger partial charge in [0.1, 0.15) is 0 Å². The number of carboxylic acid groups (broad SMARTS) is 1. The molecule has 0 amide bonds. The summed E-state index contributed by atoms with van der Waals surface area (Å²) >= 11 is 0. The summed E-state index contributed by atoms with van der Waals surface area (Å²) in [6, 6.07) is 0.687. The van der Waals surface area contributed by atoms with Crippen LogP contribution in [0.3, 0.4) is 0 Å². The first-order chi connectivity index (χ1) is 5.11. The zero-order valence-electron chi connectivity index (χ0n) is 7.00. The third-order valence-electron chi connectivity index (χ3n) is 2.22. The van der Waals surface area contributed by atoms with E-state index in [0.29, 0.717) is 6.04 Å². The summed E-state index contributed by atoms with van der Waals surface area (Å²) in [6.45, 7) is 3.67. The molecule has 1 saturated carbocycles. The molecule has 0 aromatic heterocycles. The van der Waals surface area contributed by atoms with Crippen LogP contribution < -0.4 is 5.32 Å². The minimum atomic E-state index is -0.717. The van der Waals surface area contributed by atoms with Crippen LogP contribution in [0.1, 0.15) is 26.7 Å². The van der Waals surface area contributed by atoms with E-state index in [1.54, 1.807) is 6.92 Å². The van der Waals surface area contributed by atoms with Crippen LogP contribution in [0.2, 0.25) is 0 Å². The summed E-state index contributed by atoms with van der Waals surface area (Å²) in [5.74, 6) is -0.999. The number of nitrogens with one attached hydrogen (secondary N) is 1. The van der Waals surface area contributed by atoms with E-state index in [1.807, 2.05) is 6.92 Å². The van der Waals surface area contributed by atoms with Crippen LogP contribution in [-0.2, 0) is 4.79 Å². The molecule has 11 heavy (non-hydrogen) atoms. The van der Waals surface area contributed by atoms with Crippen molar-refractivity contribution in [3.8, 4) is 0 Å². The van der Waals surface area contributed by atoms with E-state index < -0.39 is 5.97 Å². The summed E-state index contributed by atoms with van der Waals surface area (Å²) in [5, 5.41) is 11.9.